The maximum absolute atomic E-state index is 11.3. The van der Waals surface area contributed by atoms with Crippen molar-refractivity contribution in [2.45, 2.75) is 12.8 Å². The predicted octanol–water partition coefficient (Wildman–Crippen LogP) is 0.898. The van der Waals surface area contributed by atoms with Gasteiger partial charge in [0.1, 0.15) is 0 Å². The van der Waals surface area contributed by atoms with E-state index in [9.17, 15) is 9.59 Å². The minimum absolute atomic E-state index is 0.156. The first kappa shape index (κ1) is 7.30. The molecular formula is C10H10O3. The van der Waals surface area contributed by atoms with Gasteiger partial charge in [0.15, 0.2) is 0 Å². The molecule has 1 saturated carbocycles. The van der Waals surface area contributed by atoms with Gasteiger partial charge in [-0.3, -0.25) is 9.59 Å². The third-order valence-electron chi connectivity index (χ3n) is 3.49. The van der Waals surface area contributed by atoms with Crippen LogP contribution in [-0.4, -0.2) is 11.9 Å². The molecule has 3 aliphatic carbocycles. The first-order valence-electron chi connectivity index (χ1n) is 4.71. The Hall–Kier alpha value is -1.12. The average molecular weight is 178 g/mol. The van der Waals surface area contributed by atoms with E-state index in [1.165, 1.54) is 0 Å². The molecule has 4 aliphatic rings. The average Bonchev–Trinajstić information content (AvgIpc) is 2.47. The van der Waals surface area contributed by atoms with Crippen molar-refractivity contribution in [3.8, 4) is 0 Å². The SMILES string of the molecule is O=C1OC(=O)[C@H]2C3C=CC(CC3)C12. The Morgan fingerprint density at radius 3 is 1.85 bits per heavy atom. The van der Waals surface area contributed by atoms with Crippen molar-refractivity contribution in [2.75, 3.05) is 0 Å². The molecule has 0 aromatic carbocycles. The van der Waals surface area contributed by atoms with E-state index in [4.69, 9.17) is 0 Å². The summed E-state index contributed by atoms with van der Waals surface area (Å²) in [6, 6.07) is 0. The molecule has 0 radical (unpaired) electrons. The van der Waals surface area contributed by atoms with Crippen LogP contribution in [0.1, 0.15) is 12.8 Å². The zero-order chi connectivity index (χ0) is 9.00. The third-order valence-corrected chi connectivity index (χ3v) is 3.49. The van der Waals surface area contributed by atoms with E-state index < -0.39 is 0 Å². The van der Waals surface area contributed by atoms with Crippen LogP contribution in [0.25, 0.3) is 0 Å². The Labute approximate surface area is 75.8 Å². The van der Waals surface area contributed by atoms with Crippen LogP contribution in [0.3, 0.4) is 0 Å². The Morgan fingerprint density at radius 2 is 1.46 bits per heavy atom. The minimum atomic E-state index is -0.297. The fourth-order valence-corrected chi connectivity index (χ4v) is 2.87. The third kappa shape index (κ3) is 0.794. The van der Waals surface area contributed by atoms with Crippen molar-refractivity contribution in [3.05, 3.63) is 12.2 Å². The molecule has 3 heteroatoms. The smallest absolute Gasteiger partial charge is 0.318 e. The van der Waals surface area contributed by atoms with Gasteiger partial charge < -0.3 is 4.74 Å². The number of esters is 2. The Bertz CT molecular complexity index is 288. The van der Waals surface area contributed by atoms with Crippen LogP contribution >= 0.6 is 0 Å². The monoisotopic (exact) mass is 178 g/mol. The van der Waals surface area contributed by atoms with Gasteiger partial charge in [-0.15, -0.1) is 0 Å². The number of rotatable bonds is 0. The van der Waals surface area contributed by atoms with Gasteiger partial charge in [0.05, 0.1) is 11.8 Å². The minimum Gasteiger partial charge on any atom is -0.393 e. The molecule has 0 amide bonds. The van der Waals surface area contributed by atoms with Crippen LogP contribution in [0.4, 0.5) is 0 Å². The maximum atomic E-state index is 11.3. The lowest BCUT2D eigenvalue weighted by Gasteiger charge is -2.37. The van der Waals surface area contributed by atoms with E-state index in [1.54, 1.807) is 0 Å². The van der Waals surface area contributed by atoms with Gasteiger partial charge in [-0.1, -0.05) is 12.2 Å². The first-order chi connectivity index (χ1) is 6.27. The summed E-state index contributed by atoms with van der Waals surface area (Å²) in [5, 5.41) is 0. The van der Waals surface area contributed by atoms with Crippen LogP contribution in [0.2, 0.25) is 0 Å². The van der Waals surface area contributed by atoms with Gasteiger partial charge in [0.2, 0.25) is 0 Å². The zero-order valence-corrected chi connectivity index (χ0v) is 7.10. The van der Waals surface area contributed by atoms with E-state index in [1.807, 2.05) is 0 Å². The second-order valence-electron chi connectivity index (χ2n) is 4.08. The van der Waals surface area contributed by atoms with Crippen LogP contribution in [-0.2, 0) is 14.3 Å². The maximum Gasteiger partial charge on any atom is 0.318 e. The van der Waals surface area contributed by atoms with E-state index in [-0.39, 0.29) is 35.6 Å². The summed E-state index contributed by atoms with van der Waals surface area (Å²) >= 11 is 0. The normalized spacial score (nSPS) is 46.5. The van der Waals surface area contributed by atoms with Crippen LogP contribution in [0.5, 0.6) is 0 Å². The lowest BCUT2D eigenvalue weighted by atomic mass is 9.63. The van der Waals surface area contributed by atoms with Crippen molar-refractivity contribution >= 4 is 11.9 Å². The summed E-state index contributed by atoms with van der Waals surface area (Å²) < 4.78 is 4.67. The number of carbonyl (C=O) groups is 2. The van der Waals surface area contributed by atoms with Gasteiger partial charge in [0, 0.05) is 0 Å². The van der Waals surface area contributed by atoms with Crippen molar-refractivity contribution in [3.63, 3.8) is 0 Å². The fraction of sp³-hybridized carbons (Fsp3) is 0.600. The van der Waals surface area contributed by atoms with Crippen molar-refractivity contribution in [2.24, 2.45) is 23.7 Å². The van der Waals surface area contributed by atoms with Gasteiger partial charge in [-0.2, -0.15) is 0 Å². The van der Waals surface area contributed by atoms with Crippen LogP contribution < -0.4 is 0 Å². The molecule has 0 aromatic heterocycles. The summed E-state index contributed by atoms with van der Waals surface area (Å²) in [5.74, 6) is -0.390. The van der Waals surface area contributed by atoms with Gasteiger partial charge in [-0.05, 0) is 24.7 Å². The van der Waals surface area contributed by atoms with Crippen molar-refractivity contribution in [1.82, 2.24) is 0 Å². The lowest BCUT2D eigenvalue weighted by molar-refractivity contribution is -0.154. The van der Waals surface area contributed by atoms with Crippen LogP contribution in [0, 0.1) is 23.7 Å². The molecule has 2 bridgehead atoms. The largest absolute Gasteiger partial charge is 0.393 e. The number of fused-ring (bicyclic) bond motifs is 1. The number of ether oxygens (including phenoxy) is 1. The molecule has 0 N–H and O–H groups in total. The topological polar surface area (TPSA) is 43.4 Å². The van der Waals surface area contributed by atoms with Crippen molar-refractivity contribution < 1.29 is 14.3 Å². The zero-order valence-electron chi connectivity index (χ0n) is 7.10. The molecule has 3 unspecified atom stereocenters. The molecule has 68 valence electrons. The molecular weight excluding hydrogens is 168 g/mol. The molecule has 0 aromatic rings. The molecule has 13 heavy (non-hydrogen) atoms. The summed E-state index contributed by atoms with van der Waals surface area (Å²) in [6.07, 6.45) is 6.22. The number of hydrogen-bond acceptors (Lipinski definition) is 3. The standard InChI is InChI=1S/C10H10O3/c11-9-7-5-1-2-6(4-3-5)8(7)10(12)13-9/h1-2,5-8H,3-4H2/t5?,6?,7-,8?/m0/s1. The second-order valence-corrected chi connectivity index (χ2v) is 4.08. The summed E-state index contributed by atoms with van der Waals surface area (Å²) in [7, 11) is 0. The highest BCUT2D eigenvalue weighted by Gasteiger charge is 2.54. The highest BCUT2D eigenvalue weighted by molar-refractivity contribution is 5.97. The highest BCUT2D eigenvalue weighted by Crippen LogP contribution is 2.48. The number of cyclic esters (lactones) is 2. The lowest BCUT2D eigenvalue weighted by Crippen LogP contribution is -2.38. The summed E-state index contributed by atoms with van der Waals surface area (Å²) in [4.78, 5) is 22.7. The predicted molar refractivity (Wildman–Crippen MR) is 43.4 cm³/mol. The molecule has 1 heterocycles. The number of allylic oxidation sites excluding steroid dienone is 2. The Kier molecular flexibility index (Phi) is 1.25. The number of carbonyl (C=O) groups excluding carboxylic acids is 2. The molecule has 3 nitrogen and oxygen atoms in total. The second kappa shape index (κ2) is 2.22. The molecule has 1 aliphatic heterocycles. The highest BCUT2D eigenvalue weighted by atomic mass is 16.6. The molecule has 0 spiro atoms. The molecule has 4 atom stereocenters. The van der Waals surface area contributed by atoms with E-state index in [0.717, 1.165) is 12.8 Å². The first-order valence-corrected chi connectivity index (χ1v) is 4.71. The van der Waals surface area contributed by atoms with Crippen LogP contribution in [0.15, 0.2) is 12.2 Å². The summed E-state index contributed by atoms with van der Waals surface area (Å²) in [5.41, 5.74) is 0. The van der Waals surface area contributed by atoms with Gasteiger partial charge in [-0.25, -0.2) is 0 Å². The number of hydrogen-bond donors (Lipinski definition) is 0. The molecule has 1 saturated heterocycles. The van der Waals surface area contributed by atoms with Gasteiger partial charge in [0.25, 0.3) is 0 Å². The van der Waals surface area contributed by atoms with E-state index in [2.05, 4.69) is 16.9 Å². The Balaban J connectivity index is 2.07. The molecule has 2 fully saturated rings. The molecule has 4 rings (SSSR count). The van der Waals surface area contributed by atoms with E-state index >= 15 is 0 Å². The van der Waals surface area contributed by atoms with Gasteiger partial charge >= 0.3 is 11.9 Å². The summed E-state index contributed by atoms with van der Waals surface area (Å²) in [6.45, 7) is 0. The Morgan fingerprint density at radius 1 is 1.00 bits per heavy atom. The fourth-order valence-electron chi connectivity index (χ4n) is 2.87. The van der Waals surface area contributed by atoms with E-state index in [0.29, 0.717) is 0 Å². The van der Waals surface area contributed by atoms with Crippen molar-refractivity contribution in [1.29, 1.82) is 0 Å². The quantitative estimate of drug-likeness (QED) is 0.314.